The molecule has 4 heterocycles. The van der Waals surface area contributed by atoms with Gasteiger partial charge in [-0.2, -0.15) is 18.3 Å². The second-order valence-corrected chi connectivity index (χ2v) is 10.9. The smallest absolute Gasteiger partial charge is 0.433 e. The number of rotatable bonds is 10. The van der Waals surface area contributed by atoms with E-state index in [0.717, 1.165) is 30.5 Å². The lowest BCUT2D eigenvalue weighted by atomic mass is 10.0. The first-order valence-electron chi connectivity index (χ1n) is 13.3. The SMILES string of the molecule is CC(C)(O)CCn1ncc(-c2onc(-c3cccc(OCCN4CCCC4)c3Cl)c2-c2ncccn2)c1C(F)(F)F. The molecule has 1 fully saturated rings. The van der Waals surface area contributed by atoms with Crippen molar-refractivity contribution < 1.29 is 27.5 Å². The third-order valence-electron chi connectivity index (χ3n) is 6.85. The number of halogens is 4. The van der Waals surface area contributed by atoms with Crippen molar-refractivity contribution in [2.45, 2.75) is 51.4 Å². The van der Waals surface area contributed by atoms with Crippen LogP contribution in [0.2, 0.25) is 5.02 Å². The van der Waals surface area contributed by atoms with Crippen molar-refractivity contribution >= 4 is 11.6 Å². The molecule has 1 saturated heterocycles. The number of aromatic nitrogens is 5. The largest absolute Gasteiger partial charge is 0.491 e. The predicted octanol–water partition coefficient (Wildman–Crippen LogP) is 5.97. The van der Waals surface area contributed by atoms with Crippen LogP contribution in [-0.4, -0.2) is 66.8 Å². The molecule has 9 nitrogen and oxygen atoms in total. The van der Waals surface area contributed by atoms with Gasteiger partial charge in [0, 0.05) is 31.0 Å². The van der Waals surface area contributed by atoms with Gasteiger partial charge in [0.15, 0.2) is 17.3 Å². The van der Waals surface area contributed by atoms with Crippen LogP contribution >= 0.6 is 11.6 Å². The molecular weight excluding hydrogens is 561 g/mol. The molecule has 218 valence electrons. The van der Waals surface area contributed by atoms with Crippen molar-refractivity contribution in [1.82, 2.24) is 29.8 Å². The van der Waals surface area contributed by atoms with Gasteiger partial charge in [-0.1, -0.05) is 28.9 Å². The number of alkyl halides is 3. The van der Waals surface area contributed by atoms with Crippen LogP contribution in [0.15, 0.2) is 47.4 Å². The minimum absolute atomic E-state index is 0.0493. The lowest BCUT2D eigenvalue weighted by molar-refractivity contribution is -0.144. The van der Waals surface area contributed by atoms with E-state index in [4.69, 9.17) is 20.9 Å². The van der Waals surface area contributed by atoms with E-state index in [1.807, 2.05) is 0 Å². The fourth-order valence-electron chi connectivity index (χ4n) is 4.79. The summed E-state index contributed by atoms with van der Waals surface area (Å²) >= 11 is 6.76. The van der Waals surface area contributed by atoms with Crippen molar-refractivity contribution in [3.8, 4) is 39.7 Å². The maximum atomic E-state index is 14.4. The van der Waals surface area contributed by atoms with Crippen molar-refractivity contribution in [2.75, 3.05) is 26.2 Å². The highest BCUT2D eigenvalue weighted by molar-refractivity contribution is 6.35. The molecular formula is C28H30ClF3N6O3. The van der Waals surface area contributed by atoms with Crippen LogP contribution < -0.4 is 4.74 Å². The summed E-state index contributed by atoms with van der Waals surface area (Å²) in [4.78, 5) is 10.9. The number of ether oxygens (including phenoxy) is 1. The van der Waals surface area contributed by atoms with Gasteiger partial charge in [-0.05, 0) is 58.3 Å². The molecule has 0 bridgehead atoms. The molecule has 4 aromatic rings. The zero-order chi connectivity index (χ0) is 29.2. The van der Waals surface area contributed by atoms with E-state index < -0.39 is 17.5 Å². The van der Waals surface area contributed by atoms with Gasteiger partial charge in [-0.3, -0.25) is 9.58 Å². The molecule has 0 radical (unpaired) electrons. The molecule has 5 rings (SSSR count). The lowest BCUT2D eigenvalue weighted by Gasteiger charge is -2.18. The molecule has 1 aromatic carbocycles. The quantitative estimate of drug-likeness (QED) is 0.241. The summed E-state index contributed by atoms with van der Waals surface area (Å²) in [5, 5.41) is 18.5. The predicted molar refractivity (Wildman–Crippen MR) is 146 cm³/mol. The Morgan fingerprint density at radius 1 is 1.05 bits per heavy atom. The molecule has 13 heteroatoms. The van der Waals surface area contributed by atoms with Gasteiger partial charge in [0.25, 0.3) is 0 Å². The van der Waals surface area contributed by atoms with Gasteiger partial charge < -0.3 is 14.4 Å². The molecule has 1 N–H and O–H groups in total. The molecule has 0 atom stereocenters. The maximum absolute atomic E-state index is 14.4. The fourth-order valence-corrected chi connectivity index (χ4v) is 5.06. The Kier molecular flexibility index (Phi) is 8.35. The Morgan fingerprint density at radius 2 is 1.78 bits per heavy atom. The Hall–Kier alpha value is -3.48. The first-order valence-corrected chi connectivity index (χ1v) is 13.7. The molecule has 0 aliphatic carbocycles. The van der Waals surface area contributed by atoms with Crippen molar-refractivity contribution in [3.63, 3.8) is 0 Å². The first kappa shape index (κ1) is 29.0. The third-order valence-corrected chi connectivity index (χ3v) is 7.24. The van der Waals surface area contributed by atoms with Crippen LogP contribution in [0.25, 0.3) is 34.0 Å². The molecule has 3 aromatic heterocycles. The second kappa shape index (κ2) is 11.8. The summed E-state index contributed by atoms with van der Waals surface area (Å²) in [5.74, 6) is 0.320. The van der Waals surface area contributed by atoms with Crippen LogP contribution in [0.1, 0.15) is 38.8 Å². The monoisotopic (exact) mass is 590 g/mol. The van der Waals surface area contributed by atoms with E-state index in [-0.39, 0.29) is 46.4 Å². The van der Waals surface area contributed by atoms with Gasteiger partial charge in [0.2, 0.25) is 0 Å². The van der Waals surface area contributed by atoms with Gasteiger partial charge in [0.1, 0.15) is 18.1 Å². The zero-order valence-corrected chi connectivity index (χ0v) is 23.4. The molecule has 41 heavy (non-hydrogen) atoms. The van der Waals surface area contributed by atoms with Crippen molar-refractivity contribution in [1.29, 1.82) is 0 Å². The number of hydrogen-bond acceptors (Lipinski definition) is 8. The zero-order valence-electron chi connectivity index (χ0n) is 22.7. The first-order chi connectivity index (χ1) is 19.5. The topological polar surface area (TPSA) is 102 Å². The summed E-state index contributed by atoms with van der Waals surface area (Å²) in [6, 6.07) is 6.73. The molecule has 0 saturated carbocycles. The Labute approximate surface area is 239 Å². The Bertz CT molecular complexity index is 1480. The van der Waals surface area contributed by atoms with Crippen LogP contribution in [0.3, 0.4) is 0 Å². The van der Waals surface area contributed by atoms with Crippen LogP contribution in [0.4, 0.5) is 13.2 Å². The standard InChI is InChI=1S/C28H30ClF3N6O3/c1-27(2,39)9-14-38-25(28(30,31)32)19(17-35-38)24-21(26-33-10-6-11-34-26)23(36-41-24)18-7-5-8-20(22(18)29)40-16-15-37-12-3-4-13-37/h5-8,10-11,17,39H,3-4,9,12-16H2,1-2H3. The van der Waals surface area contributed by atoms with Gasteiger partial charge in [0.05, 0.1) is 27.9 Å². The minimum atomic E-state index is -4.78. The minimum Gasteiger partial charge on any atom is -0.491 e. The Balaban J connectivity index is 1.57. The molecule has 0 amide bonds. The molecule has 1 aliphatic heterocycles. The van der Waals surface area contributed by atoms with Gasteiger partial charge in [-0.25, -0.2) is 9.97 Å². The van der Waals surface area contributed by atoms with E-state index in [1.54, 1.807) is 24.3 Å². The van der Waals surface area contributed by atoms with E-state index >= 15 is 0 Å². The Morgan fingerprint density at radius 3 is 2.46 bits per heavy atom. The van der Waals surface area contributed by atoms with E-state index in [9.17, 15) is 18.3 Å². The number of aliphatic hydroxyl groups is 1. The highest BCUT2D eigenvalue weighted by atomic mass is 35.5. The summed E-state index contributed by atoms with van der Waals surface area (Å²) in [6.45, 7) is 6.13. The fraction of sp³-hybridized carbons (Fsp3) is 0.429. The number of likely N-dealkylation sites (tertiary alicyclic amines) is 1. The number of hydrogen-bond donors (Lipinski definition) is 1. The van der Waals surface area contributed by atoms with Gasteiger partial charge >= 0.3 is 6.18 Å². The summed E-state index contributed by atoms with van der Waals surface area (Å²) < 4.78 is 55.6. The van der Waals surface area contributed by atoms with Crippen LogP contribution in [0.5, 0.6) is 5.75 Å². The highest BCUT2D eigenvalue weighted by Crippen LogP contribution is 2.46. The number of nitrogens with zero attached hydrogens (tertiary/aromatic N) is 6. The molecule has 1 aliphatic rings. The van der Waals surface area contributed by atoms with Crippen LogP contribution in [0, 0.1) is 0 Å². The summed E-state index contributed by atoms with van der Waals surface area (Å²) in [5.41, 5.74) is -1.86. The lowest BCUT2D eigenvalue weighted by Crippen LogP contribution is -2.25. The van der Waals surface area contributed by atoms with Gasteiger partial charge in [-0.15, -0.1) is 0 Å². The van der Waals surface area contributed by atoms with E-state index in [1.165, 1.54) is 39.1 Å². The highest BCUT2D eigenvalue weighted by Gasteiger charge is 2.41. The average Bonchev–Trinajstić information content (AvgIpc) is 3.68. The molecule has 0 spiro atoms. The number of aryl methyl sites for hydroxylation is 1. The van der Waals surface area contributed by atoms with Crippen LogP contribution in [-0.2, 0) is 12.7 Å². The van der Waals surface area contributed by atoms with E-state index in [2.05, 4.69) is 25.1 Å². The maximum Gasteiger partial charge on any atom is 0.433 e. The third kappa shape index (κ3) is 6.55. The molecule has 0 unspecified atom stereocenters. The van der Waals surface area contributed by atoms with Crippen molar-refractivity contribution in [2.24, 2.45) is 0 Å². The number of benzene rings is 1. The average molecular weight is 591 g/mol. The summed E-state index contributed by atoms with van der Waals surface area (Å²) in [7, 11) is 0. The summed E-state index contributed by atoms with van der Waals surface area (Å²) in [6.07, 6.45) is 1.62. The second-order valence-electron chi connectivity index (χ2n) is 10.5. The normalized spacial score (nSPS) is 14.6. The van der Waals surface area contributed by atoms with Crippen molar-refractivity contribution in [3.05, 3.63) is 53.6 Å². The van der Waals surface area contributed by atoms with E-state index in [0.29, 0.717) is 17.9 Å².